The zero-order valence-electron chi connectivity index (χ0n) is 14.5. The summed E-state index contributed by atoms with van der Waals surface area (Å²) in [7, 11) is 1.35. The largest absolute Gasteiger partial charge is 0.465 e. The Morgan fingerprint density at radius 2 is 1.76 bits per heavy atom. The first-order valence-corrected chi connectivity index (χ1v) is 8.69. The van der Waals surface area contributed by atoms with Crippen LogP contribution in [-0.2, 0) is 9.47 Å². The van der Waals surface area contributed by atoms with E-state index in [4.69, 9.17) is 9.47 Å². The van der Waals surface area contributed by atoms with Crippen LogP contribution in [0.3, 0.4) is 0 Å². The molecule has 2 aromatic heterocycles. The van der Waals surface area contributed by atoms with Gasteiger partial charge in [-0.25, -0.2) is 14.2 Å². The Morgan fingerprint density at radius 1 is 1.08 bits per heavy atom. The van der Waals surface area contributed by atoms with Crippen molar-refractivity contribution in [3.8, 4) is 11.3 Å². The third kappa shape index (κ3) is 3.44. The number of methoxy groups -OCH3 is 1. The predicted molar refractivity (Wildman–Crippen MR) is 98.2 cm³/mol. The van der Waals surface area contributed by atoms with E-state index in [1.807, 2.05) is 38.3 Å². The average Bonchev–Trinajstić information content (AvgIpc) is 3.13. The molecule has 130 valence electrons. The van der Waals surface area contributed by atoms with Crippen LogP contribution >= 0.6 is 11.3 Å². The van der Waals surface area contributed by atoms with E-state index in [1.165, 1.54) is 7.11 Å². The van der Waals surface area contributed by atoms with E-state index in [1.54, 1.807) is 40.2 Å². The second-order valence-electron chi connectivity index (χ2n) is 6.58. The minimum atomic E-state index is -0.588. The van der Waals surface area contributed by atoms with Crippen molar-refractivity contribution in [1.82, 2.24) is 4.57 Å². The molecule has 0 aliphatic carbocycles. The Balaban J connectivity index is 2.07. The van der Waals surface area contributed by atoms with E-state index in [0.717, 1.165) is 21.5 Å². The fourth-order valence-electron chi connectivity index (χ4n) is 2.54. The summed E-state index contributed by atoms with van der Waals surface area (Å²) in [4.78, 5) is 24.3. The molecule has 0 fully saturated rings. The summed E-state index contributed by atoms with van der Waals surface area (Å²) < 4.78 is 12.8. The summed E-state index contributed by atoms with van der Waals surface area (Å²) in [6.45, 7) is 5.51. The molecule has 0 N–H and O–H groups in total. The molecule has 5 nitrogen and oxygen atoms in total. The van der Waals surface area contributed by atoms with Crippen molar-refractivity contribution in [2.24, 2.45) is 0 Å². The number of benzene rings is 1. The lowest BCUT2D eigenvalue weighted by Gasteiger charge is -2.21. The van der Waals surface area contributed by atoms with E-state index in [2.05, 4.69) is 0 Å². The number of esters is 1. The van der Waals surface area contributed by atoms with Crippen LogP contribution in [0.1, 0.15) is 31.1 Å². The Labute approximate surface area is 149 Å². The van der Waals surface area contributed by atoms with Gasteiger partial charge in [-0.1, -0.05) is 12.1 Å². The van der Waals surface area contributed by atoms with E-state index in [-0.39, 0.29) is 0 Å². The van der Waals surface area contributed by atoms with Gasteiger partial charge in [0.25, 0.3) is 0 Å². The smallest absolute Gasteiger partial charge is 0.419 e. The van der Waals surface area contributed by atoms with E-state index >= 15 is 0 Å². The number of nitrogens with zero attached hydrogens (tertiary/aromatic N) is 1. The zero-order valence-corrected chi connectivity index (χ0v) is 15.3. The number of ether oxygens (including phenoxy) is 2. The van der Waals surface area contributed by atoms with Gasteiger partial charge >= 0.3 is 12.1 Å². The number of hydrogen-bond donors (Lipinski definition) is 0. The van der Waals surface area contributed by atoms with Gasteiger partial charge < -0.3 is 9.47 Å². The van der Waals surface area contributed by atoms with Crippen LogP contribution in [0.15, 0.2) is 41.8 Å². The van der Waals surface area contributed by atoms with Crippen LogP contribution in [0.4, 0.5) is 4.79 Å². The number of fused-ring (bicyclic) bond motifs is 1. The van der Waals surface area contributed by atoms with Crippen LogP contribution in [0.5, 0.6) is 0 Å². The second-order valence-corrected chi connectivity index (χ2v) is 7.53. The molecule has 3 rings (SSSR count). The highest BCUT2D eigenvalue weighted by Gasteiger charge is 2.23. The number of aromatic nitrogens is 1. The van der Waals surface area contributed by atoms with Crippen molar-refractivity contribution in [3.63, 3.8) is 0 Å². The minimum Gasteiger partial charge on any atom is -0.465 e. The van der Waals surface area contributed by atoms with Gasteiger partial charge in [0.2, 0.25) is 0 Å². The first kappa shape index (κ1) is 17.2. The molecule has 0 radical (unpaired) electrons. The molecule has 0 bridgehead atoms. The van der Waals surface area contributed by atoms with Gasteiger partial charge in [0.05, 0.1) is 28.6 Å². The maximum Gasteiger partial charge on any atom is 0.419 e. The van der Waals surface area contributed by atoms with Crippen molar-refractivity contribution >= 4 is 33.6 Å². The third-order valence-corrected chi connectivity index (χ3v) is 4.45. The first-order valence-electron chi connectivity index (χ1n) is 7.81. The Bertz CT molecular complexity index is 929. The summed E-state index contributed by atoms with van der Waals surface area (Å²) in [5.41, 5.74) is 2.24. The molecule has 6 heteroatoms. The van der Waals surface area contributed by atoms with Crippen molar-refractivity contribution in [2.45, 2.75) is 26.4 Å². The van der Waals surface area contributed by atoms with Gasteiger partial charge in [-0.05, 0) is 56.0 Å². The molecular weight excluding hydrogens is 338 g/mol. The van der Waals surface area contributed by atoms with Crippen LogP contribution < -0.4 is 0 Å². The maximum absolute atomic E-state index is 12.7. The van der Waals surface area contributed by atoms with E-state index in [9.17, 15) is 9.59 Å². The molecule has 0 aliphatic rings. The Hall–Kier alpha value is -2.60. The predicted octanol–water partition coefficient (Wildman–Crippen LogP) is 4.94. The summed E-state index contributed by atoms with van der Waals surface area (Å²) in [5.74, 6) is -0.393. The Morgan fingerprint density at radius 3 is 2.36 bits per heavy atom. The van der Waals surface area contributed by atoms with Crippen LogP contribution in [-0.4, -0.2) is 29.3 Å². The monoisotopic (exact) mass is 357 g/mol. The number of carbonyl (C=O) groups is 2. The molecule has 0 saturated heterocycles. The fourth-order valence-corrected chi connectivity index (χ4v) is 3.34. The summed E-state index contributed by atoms with van der Waals surface area (Å²) in [5, 5.41) is 1.94. The summed E-state index contributed by atoms with van der Waals surface area (Å²) in [6.07, 6.45) is -0.423. The lowest BCUT2D eigenvalue weighted by molar-refractivity contribution is 0.0545. The van der Waals surface area contributed by atoms with Gasteiger partial charge in [-0.15, -0.1) is 11.3 Å². The lowest BCUT2D eigenvalue weighted by Crippen LogP contribution is -2.27. The SMILES string of the molecule is COC(=O)c1ccc(-c2cc3sccc3n2C(=O)OC(C)(C)C)cc1. The lowest BCUT2D eigenvalue weighted by atomic mass is 10.1. The first-order chi connectivity index (χ1) is 11.8. The molecule has 0 spiro atoms. The third-order valence-electron chi connectivity index (χ3n) is 3.60. The molecular formula is C19H19NO4S. The summed E-state index contributed by atoms with van der Waals surface area (Å²) in [6, 6.07) is 10.8. The topological polar surface area (TPSA) is 57.5 Å². The molecule has 0 unspecified atom stereocenters. The molecule has 3 aromatic rings. The highest BCUT2D eigenvalue weighted by molar-refractivity contribution is 7.17. The number of hydrogen-bond acceptors (Lipinski definition) is 5. The van der Waals surface area contributed by atoms with Gasteiger partial charge in [0.15, 0.2) is 0 Å². The van der Waals surface area contributed by atoms with Gasteiger partial charge in [-0.3, -0.25) is 0 Å². The molecule has 2 heterocycles. The summed E-state index contributed by atoms with van der Waals surface area (Å²) >= 11 is 1.56. The second kappa shape index (κ2) is 6.37. The molecule has 0 atom stereocenters. The fraction of sp³-hybridized carbons (Fsp3) is 0.263. The molecule has 0 saturated carbocycles. The molecule has 0 aliphatic heterocycles. The van der Waals surface area contributed by atoms with Crippen molar-refractivity contribution < 1.29 is 19.1 Å². The molecule has 25 heavy (non-hydrogen) atoms. The van der Waals surface area contributed by atoms with E-state index < -0.39 is 17.7 Å². The average molecular weight is 357 g/mol. The molecule has 1 aromatic carbocycles. The normalized spacial score (nSPS) is 11.5. The maximum atomic E-state index is 12.7. The highest BCUT2D eigenvalue weighted by atomic mass is 32.1. The number of carbonyl (C=O) groups excluding carboxylic acids is 2. The van der Waals surface area contributed by atoms with Crippen LogP contribution in [0.25, 0.3) is 21.5 Å². The van der Waals surface area contributed by atoms with Crippen LogP contribution in [0.2, 0.25) is 0 Å². The minimum absolute atomic E-state index is 0.393. The van der Waals surface area contributed by atoms with Crippen molar-refractivity contribution in [2.75, 3.05) is 7.11 Å². The quantitative estimate of drug-likeness (QED) is 0.610. The Kier molecular flexibility index (Phi) is 4.39. The number of thiophene rings is 1. The van der Waals surface area contributed by atoms with Gasteiger partial charge in [-0.2, -0.15) is 0 Å². The van der Waals surface area contributed by atoms with Crippen LogP contribution in [0, 0.1) is 0 Å². The van der Waals surface area contributed by atoms with E-state index in [0.29, 0.717) is 5.56 Å². The molecule has 0 amide bonds. The van der Waals surface area contributed by atoms with Gasteiger partial charge in [0, 0.05) is 0 Å². The standard InChI is InChI=1S/C19H19NO4S/c1-19(2,3)24-18(22)20-14-9-10-25-16(14)11-15(20)12-5-7-13(8-6-12)17(21)23-4/h5-11H,1-4H3. The number of rotatable bonds is 2. The highest BCUT2D eigenvalue weighted by Crippen LogP contribution is 2.32. The zero-order chi connectivity index (χ0) is 18.2. The van der Waals surface area contributed by atoms with Crippen molar-refractivity contribution in [1.29, 1.82) is 0 Å². The van der Waals surface area contributed by atoms with Gasteiger partial charge in [0.1, 0.15) is 5.60 Å². The van der Waals surface area contributed by atoms with Crippen molar-refractivity contribution in [3.05, 3.63) is 47.3 Å².